The van der Waals surface area contributed by atoms with Gasteiger partial charge in [0.2, 0.25) is 0 Å². The van der Waals surface area contributed by atoms with Gasteiger partial charge in [0.15, 0.2) is 0 Å². The number of benzene rings is 1. The third-order valence-electron chi connectivity index (χ3n) is 4.63. The fraction of sp³-hybridized carbons (Fsp3) is 0.529. The summed E-state index contributed by atoms with van der Waals surface area (Å²) in [5, 5.41) is 18.7. The Kier molecular flexibility index (Phi) is 5.05. The Morgan fingerprint density at radius 3 is 2.30 bits per heavy atom. The van der Waals surface area contributed by atoms with Gasteiger partial charge < -0.3 is 9.67 Å². The van der Waals surface area contributed by atoms with E-state index in [2.05, 4.69) is 20.0 Å². The Morgan fingerprint density at radius 1 is 1.04 bits per heavy atom. The number of aliphatic hydroxyl groups is 1. The number of nitrogens with zero attached hydrogens (tertiary/aromatic N) is 5. The predicted octanol–water partition coefficient (Wildman–Crippen LogP) is 0.975. The number of aryl methyl sites for hydroxylation is 1. The molecule has 1 aliphatic rings. The van der Waals surface area contributed by atoms with Crippen LogP contribution in [0.4, 0.5) is 0 Å². The smallest absolute Gasteiger partial charge is 0.146 e. The van der Waals surface area contributed by atoms with Gasteiger partial charge in [0.05, 0.1) is 12.6 Å². The van der Waals surface area contributed by atoms with Gasteiger partial charge in [-0.2, -0.15) is 0 Å². The summed E-state index contributed by atoms with van der Waals surface area (Å²) in [7, 11) is 2.01. The highest BCUT2D eigenvalue weighted by molar-refractivity contribution is 5.17. The first-order chi connectivity index (χ1) is 11.1. The number of β-amino-alcohol motifs (C(OH)–C–C–N with tert-alkyl or cyclic N) is 1. The molecule has 0 aliphatic carbocycles. The van der Waals surface area contributed by atoms with E-state index < -0.39 is 6.10 Å². The van der Waals surface area contributed by atoms with Crippen molar-refractivity contribution in [3.8, 4) is 0 Å². The molecule has 1 N–H and O–H groups in total. The molecule has 1 atom stereocenters. The lowest BCUT2D eigenvalue weighted by Gasteiger charge is -2.35. The zero-order chi connectivity index (χ0) is 16.2. The molecule has 1 aromatic carbocycles. The molecule has 6 nitrogen and oxygen atoms in total. The predicted molar refractivity (Wildman–Crippen MR) is 88.9 cm³/mol. The number of hydrogen-bond donors (Lipinski definition) is 1. The number of hydrogen-bond acceptors (Lipinski definition) is 5. The topological polar surface area (TPSA) is 57.4 Å². The van der Waals surface area contributed by atoms with Crippen molar-refractivity contribution in [3.05, 3.63) is 47.5 Å². The van der Waals surface area contributed by atoms with Crippen molar-refractivity contribution in [2.45, 2.75) is 19.6 Å². The molecule has 0 radical (unpaired) electrons. The largest absolute Gasteiger partial charge is 0.387 e. The first-order valence-electron chi connectivity index (χ1n) is 8.16. The monoisotopic (exact) mass is 315 g/mol. The molecular formula is C17H25N5O. The highest BCUT2D eigenvalue weighted by atomic mass is 16.3. The lowest BCUT2D eigenvalue weighted by molar-refractivity contribution is 0.0689. The van der Waals surface area contributed by atoms with E-state index in [0.29, 0.717) is 6.54 Å². The van der Waals surface area contributed by atoms with Gasteiger partial charge in [-0.15, -0.1) is 10.2 Å². The molecular weight excluding hydrogens is 290 g/mol. The SMILES string of the molecule is Cc1nnc(CN2CCN(CC(O)c3ccccc3)CC2)n1C. The molecule has 1 saturated heterocycles. The molecule has 2 heterocycles. The van der Waals surface area contributed by atoms with Gasteiger partial charge >= 0.3 is 0 Å². The second kappa shape index (κ2) is 7.21. The summed E-state index contributed by atoms with van der Waals surface area (Å²) in [6.07, 6.45) is -0.413. The molecule has 124 valence electrons. The van der Waals surface area contributed by atoms with Gasteiger partial charge in [-0.05, 0) is 12.5 Å². The number of aliphatic hydroxyl groups excluding tert-OH is 1. The Morgan fingerprint density at radius 2 is 1.70 bits per heavy atom. The van der Waals surface area contributed by atoms with Crippen LogP contribution < -0.4 is 0 Å². The van der Waals surface area contributed by atoms with Crippen molar-refractivity contribution in [2.75, 3.05) is 32.7 Å². The first kappa shape index (κ1) is 16.1. The molecule has 1 fully saturated rings. The third-order valence-corrected chi connectivity index (χ3v) is 4.63. The van der Waals surface area contributed by atoms with E-state index in [1.54, 1.807) is 0 Å². The van der Waals surface area contributed by atoms with Crippen LogP contribution in [0.25, 0.3) is 0 Å². The fourth-order valence-electron chi connectivity index (χ4n) is 2.94. The number of piperazine rings is 1. The first-order valence-corrected chi connectivity index (χ1v) is 8.16. The van der Waals surface area contributed by atoms with E-state index in [-0.39, 0.29) is 0 Å². The normalized spacial score (nSPS) is 18.2. The van der Waals surface area contributed by atoms with Gasteiger partial charge in [-0.1, -0.05) is 30.3 Å². The maximum atomic E-state index is 10.3. The summed E-state index contributed by atoms with van der Waals surface area (Å²) in [5.41, 5.74) is 0.990. The molecule has 2 aromatic rings. The quantitative estimate of drug-likeness (QED) is 0.891. The Labute approximate surface area is 137 Å². The lowest BCUT2D eigenvalue weighted by Crippen LogP contribution is -2.47. The van der Waals surface area contributed by atoms with Crippen LogP contribution in [0.2, 0.25) is 0 Å². The molecule has 0 saturated carbocycles. The lowest BCUT2D eigenvalue weighted by atomic mass is 10.1. The standard InChI is InChI=1S/C17H25N5O/c1-14-18-19-17(20(14)2)13-22-10-8-21(9-11-22)12-16(23)15-6-4-3-5-7-15/h3-7,16,23H,8-13H2,1-2H3. The van der Waals surface area contributed by atoms with Crippen molar-refractivity contribution in [1.29, 1.82) is 0 Å². The molecule has 23 heavy (non-hydrogen) atoms. The van der Waals surface area contributed by atoms with Crippen LogP contribution in [-0.2, 0) is 13.6 Å². The average Bonchev–Trinajstić information content (AvgIpc) is 2.89. The van der Waals surface area contributed by atoms with Crippen LogP contribution in [0.5, 0.6) is 0 Å². The molecule has 1 aliphatic heterocycles. The fourth-order valence-corrected chi connectivity index (χ4v) is 2.94. The Hall–Kier alpha value is -1.76. The van der Waals surface area contributed by atoms with Gasteiger partial charge in [0.1, 0.15) is 11.6 Å². The second-order valence-electron chi connectivity index (χ2n) is 6.23. The summed E-state index contributed by atoms with van der Waals surface area (Å²) in [6.45, 7) is 7.44. The summed E-state index contributed by atoms with van der Waals surface area (Å²) >= 11 is 0. The molecule has 0 amide bonds. The van der Waals surface area contributed by atoms with Crippen LogP contribution in [0.15, 0.2) is 30.3 Å². The van der Waals surface area contributed by atoms with E-state index in [1.165, 1.54) is 0 Å². The molecule has 0 spiro atoms. The number of aromatic nitrogens is 3. The van der Waals surface area contributed by atoms with Gasteiger partial charge in [0.25, 0.3) is 0 Å². The minimum absolute atomic E-state index is 0.413. The third kappa shape index (κ3) is 3.96. The molecule has 1 aromatic heterocycles. The Balaban J connectivity index is 1.48. The van der Waals surface area contributed by atoms with Crippen molar-refractivity contribution >= 4 is 0 Å². The Bertz CT molecular complexity index is 619. The van der Waals surface area contributed by atoms with Crippen LogP contribution in [0, 0.1) is 6.92 Å². The summed E-state index contributed by atoms with van der Waals surface area (Å²) < 4.78 is 2.05. The summed E-state index contributed by atoms with van der Waals surface area (Å²) in [5.74, 6) is 1.96. The van der Waals surface area contributed by atoms with Crippen LogP contribution >= 0.6 is 0 Å². The van der Waals surface area contributed by atoms with Crippen molar-refractivity contribution in [3.63, 3.8) is 0 Å². The average molecular weight is 315 g/mol. The summed E-state index contributed by atoms with van der Waals surface area (Å²) in [4.78, 5) is 4.73. The van der Waals surface area contributed by atoms with Gasteiger partial charge in [-0.25, -0.2) is 0 Å². The van der Waals surface area contributed by atoms with Gasteiger partial charge in [-0.3, -0.25) is 9.80 Å². The van der Waals surface area contributed by atoms with E-state index in [9.17, 15) is 5.11 Å². The number of rotatable bonds is 5. The van der Waals surface area contributed by atoms with Crippen molar-refractivity contribution < 1.29 is 5.11 Å². The van der Waals surface area contributed by atoms with E-state index in [1.807, 2.05) is 48.9 Å². The maximum absolute atomic E-state index is 10.3. The van der Waals surface area contributed by atoms with Crippen molar-refractivity contribution in [2.24, 2.45) is 7.05 Å². The highest BCUT2D eigenvalue weighted by Crippen LogP contribution is 2.15. The van der Waals surface area contributed by atoms with Gasteiger partial charge in [0, 0.05) is 39.8 Å². The maximum Gasteiger partial charge on any atom is 0.146 e. The second-order valence-corrected chi connectivity index (χ2v) is 6.23. The zero-order valence-corrected chi connectivity index (χ0v) is 13.9. The van der Waals surface area contributed by atoms with E-state index >= 15 is 0 Å². The molecule has 3 rings (SSSR count). The highest BCUT2D eigenvalue weighted by Gasteiger charge is 2.21. The van der Waals surface area contributed by atoms with Crippen LogP contribution in [-0.4, -0.2) is 62.4 Å². The minimum atomic E-state index is -0.413. The molecule has 6 heteroatoms. The van der Waals surface area contributed by atoms with Crippen molar-refractivity contribution in [1.82, 2.24) is 24.6 Å². The zero-order valence-electron chi connectivity index (χ0n) is 13.9. The van der Waals surface area contributed by atoms with Crippen LogP contribution in [0.3, 0.4) is 0 Å². The minimum Gasteiger partial charge on any atom is -0.387 e. The van der Waals surface area contributed by atoms with Crippen LogP contribution in [0.1, 0.15) is 23.3 Å². The molecule has 1 unspecified atom stereocenters. The van der Waals surface area contributed by atoms with E-state index in [4.69, 9.17) is 0 Å². The summed E-state index contributed by atoms with van der Waals surface area (Å²) in [6, 6.07) is 9.89. The van der Waals surface area contributed by atoms with E-state index in [0.717, 1.165) is 49.9 Å². The molecule has 0 bridgehead atoms.